The number of anilines is 1. The number of methoxy groups -OCH3 is 1. The molecule has 0 aliphatic heterocycles. The zero-order valence-electron chi connectivity index (χ0n) is 20.0. The average Bonchev–Trinajstić information content (AvgIpc) is 2.83. The van der Waals surface area contributed by atoms with Gasteiger partial charge in [0, 0.05) is 5.69 Å². The van der Waals surface area contributed by atoms with Crippen molar-refractivity contribution < 1.29 is 31.1 Å². The standard InChI is InChI=1S/C26H27F3N2O4S/c1-17(2)19-9-14-23(35-3)24(16-19)36(33,34)31-22(15-18-7-5-4-6-8-18)25(32)30-21-12-10-20(11-13-21)26(27,28)29/h4-14,16-17,22,31H,15H2,1-3H3,(H,30,32). The highest BCUT2D eigenvalue weighted by atomic mass is 32.2. The second-order valence-corrected chi connectivity index (χ2v) is 10.2. The molecule has 0 saturated heterocycles. The fourth-order valence-electron chi connectivity index (χ4n) is 3.52. The summed E-state index contributed by atoms with van der Waals surface area (Å²) >= 11 is 0. The van der Waals surface area contributed by atoms with Gasteiger partial charge in [0.1, 0.15) is 16.7 Å². The van der Waals surface area contributed by atoms with Gasteiger partial charge < -0.3 is 10.1 Å². The van der Waals surface area contributed by atoms with Crippen molar-refractivity contribution >= 4 is 21.6 Å². The van der Waals surface area contributed by atoms with E-state index < -0.39 is 33.7 Å². The van der Waals surface area contributed by atoms with Gasteiger partial charge in [0.2, 0.25) is 15.9 Å². The minimum Gasteiger partial charge on any atom is -0.495 e. The van der Waals surface area contributed by atoms with Crippen LogP contribution in [0.5, 0.6) is 5.75 Å². The van der Waals surface area contributed by atoms with Crippen LogP contribution in [0.15, 0.2) is 77.7 Å². The monoisotopic (exact) mass is 520 g/mol. The van der Waals surface area contributed by atoms with Crippen molar-refractivity contribution in [2.75, 3.05) is 12.4 Å². The quantitative estimate of drug-likeness (QED) is 0.398. The van der Waals surface area contributed by atoms with Crippen molar-refractivity contribution in [3.63, 3.8) is 0 Å². The maximum absolute atomic E-state index is 13.4. The normalized spacial score (nSPS) is 12.9. The Morgan fingerprint density at radius 2 is 1.61 bits per heavy atom. The maximum atomic E-state index is 13.4. The first kappa shape index (κ1) is 27.2. The number of hydrogen-bond acceptors (Lipinski definition) is 4. The highest BCUT2D eigenvalue weighted by Crippen LogP contribution is 2.30. The summed E-state index contributed by atoms with van der Waals surface area (Å²) in [5.41, 5.74) is 0.699. The van der Waals surface area contributed by atoms with E-state index in [9.17, 15) is 26.4 Å². The van der Waals surface area contributed by atoms with Crippen molar-refractivity contribution in [1.82, 2.24) is 4.72 Å². The molecule has 0 aliphatic rings. The Balaban J connectivity index is 1.92. The van der Waals surface area contributed by atoms with Crippen LogP contribution < -0.4 is 14.8 Å². The number of halogens is 3. The van der Waals surface area contributed by atoms with E-state index in [-0.39, 0.29) is 28.7 Å². The van der Waals surface area contributed by atoms with E-state index in [4.69, 9.17) is 4.74 Å². The van der Waals surface area contributed by atoms with E-state index >= 15 is 0 Å². The first-order valence-electron chi connectivity index (χ1n) is 11.1. The maximum Gasteiger partial charge on any atom is 0.416 e. The minimum absolute atomic E-state index is 0.0126. The second kappa shape index (κ2) is 11.1. The molecular formula is C26H27F3N2O4S. The molecule has 0 radical (unpaired) electrons. The molecule has 1 unspecified atom stereocenters. The van der Waals surface area contributed by atoms with E-state index in [1.54, 1.807) is 42.5 Å². The lowest BCUT2D eigenvalue weighted by Crippen LogP contribution is -2.45. The molecule has 3 aromatic rings. The molecule has 36 heavy (non-hydrogen) atoms. The summed E-state index contributed by atoms with van der Waals surface area (Å²) in [4.78, 5) is 13.0. The Morgan fingerprint density at radius 3 is 2.17 bits per heavy atom. The molecule has 0 aromatic heterocycles. The molecule has 6 nitrogen and oxygen atoms in total. The van der Waals surface area contributed by atoms with E-state index in [0.29, 0.717) is 5.56 Å². The molecule has 2 N–H and O–H groups in total. The first-order chi connectivity index (χ1) is 16.9. The lowest BCUT2D eigenvalue weighted by Gasteiger charge is -2.20. The van der Waals surface area contributed by atoms with Gasteiger partial charge in [-0.1, -0.05) is 50.2 Å². The van der Waals surface area contributed by atoms with Crippen molar-refractivity contribution in [3.8, 4) is 5.75 Å². The fraction of sp³-hybridized carbons (Fsp3) is 0.269. The van der Waals surface area contributed by atoms with Crippen LogP contribution in [0.25, 0.3) is 0 Å². The molecule has 0 bridgehead atoms. The zero-order chi connectivity index (χ0) is 26.5. The number of carbonyl (C=O) groups is 1. The van der Waals surface area contributed by atoms with Gasteiger partial charge >= 0.3 is 6.18 Å². The lowest BCUT2D eigenvalue weighted by atomic mass is 10.0. The lowest BCUT2D eigenvalue weighted by molar-refractivity contribution is -0.137. The third-order valence-electron chi connectivity index (χ3n) is 5.52. The third kappa shape index (κ3) is 6.86. The van der Waals surface area contributed by atoms with Crippen molar-refractivity contribution in [2.24, 2.45) is 0 Å². The number of carbonyl (C=O) groups excluding carboxylic acids is 1. The summed E-state index contributed by atoms with van der Waals surface area (Å²) in [6, 6.07) is 16.3. The average molecular weight is 521 g/mol. The molecule has 0 heterocycles. The molecule has 0 aliphatic carbocycles. The predicted octanol–water partition coefficient (Wildman–Crippen LogP) is 5.37. The van der Waals surface area contributed by atoms with Crippen LogP contribution >= 0.6 is 0 Å². The van der Waals surface area contributed by atoms with Gasteiger partial charge in [0.25, 0.3) is 0 Å². The molecular weight excluding hydrogens is 493 g/mol. The molecule has 3 rings (SSSR count). The number of alkyl halides is 3. The Morgan fingerprint density at radius 1 is 0.972 bits per heavy atom. The van der Waals surface area contributed by atoms with Gasteiger partial charge in [0.05, 0.1) is 12.7 Å². The summed E-state index contributed by atoms with van der Waals surface area (Å²) < 4.78 is 73.1. The summed E-state index contributed by atoms with van der Waals surface area (Å²) in [6.07, 6.45) is -4.50. The van der Waals surface area contributed by atoms with Gasteiger partial charge in [-0.2, -0.15) is 17.9 Å². The number of rotatable bonds is 9. The van der Waals surface area contributed by atoms with Gasteiger partial charge in [-0.25, -0.2) is 8.42 Å². The van der Waals surface area contributed by atoms with Crippen LogP contribution in [-0.2, 0) is 27.4 Å². The SMILES string of the molecule is COc1ccc(C(C)C)cc1S(=O)(=O)NC(Cc1ccccc1)C(=O)Nc1ccc(C(F)(F)F)cc1. The zero-order valence-corrected chi connectivity index (χ0v) is 20.8. The summed E-state index contributed by atoms with van der Waals surface area (Å²) in [6.45, 7) is 3.84. The number of hydrogen-bond donors (Lipinski definition) is 2. The van der Waals surface area contributed by atoms with Crippen LogP contribution in [0.2, 0.25) is 0 Å². The summed E-state index contributed by atoms with van der Waals surface area (Å²) in [5.74, 6) is -0.553. The molecule has 3 aromatic carbocycles. The van der Waals surface area contributed by atoms with Crippen LogP contribution in [0.3, 0.4) is 0 Å². The van der Waals surface area contributed by atoms with Crippen molar-refractivity contribution in [1.29, 1.82) is 0 Å². The van der Waals surface area contributed by atoms with Gasteiger partial charge in [-0.3, -0.25) is 4.79 Å². The highest BCUT2D eigenvalue weighted by molar-refractivity contribution is 7.89. The van der Waals surface area contributed by atoms with Gasteiger partial charge in [-0.15, -0.1) is 0 Å². The van der Waals surface area contributed by atoms with E-state index in [1.807, 2.05) is 13.8 Å². The molecule has 192 valence electrons. The van der Waals surface area contributed by atoms with Crippen LogP contribution in [0.1, 0.15) is 36.5 Å². The molecule has 1 atom stereocenters. The number of nitrogens with one attached hydrogen (secondary N) is 2. The van der Waals surface area contributed by atoms with E-state index in [2.05, 4.69) is 10.0 Å². The largest absolute Gasteiger partial charge is 0.495 e. The number of amides is 1. The highest BCUT2D eigenvalue weighted by Gasteiger charge is 2.31. The van der Waals surface area contributed by atoms with Crippen LogP contribution in [0, 0.1) is 0 Å². The number of sulfonamides is 1. The van der Waals surface area contributed by atoms with E-state index in [1.165, 1.54) is 13.2 Å². The van der Waals surface area contributed by atoms with Crippen LogP contribution in [-0.4, -0.2) is 27.5 Å². The number of ether oxygens (including phenoxy) is 1. The summed E-state index contributed by atoms with van der Waals surface area (Å²) in [5, 5.41) is 2.51. The fourth-order valence-corrected chi connectivity index (χ4v) is 4.92. The Bertz CT molecular complexity index is 1290. The van der Waals surface area contributed by atoms with Gasteiger partial charge in [0.15, 0.2) is 0 Å². The molecule has 0 saturated carbocycles. The third-order valence-corrected chi connectivity index (χ3v) is 7.01. The smallest absolute Gasteiger partial charge is 0.416 e. The van der Waals surface area contributed by atoms with Crippen molar-refractivity contribution in [3.05, 3.63) is 89.5 Å². The topological polar surface area (TPSA) is 84.5 Å². The minimum atomic E-state index is -4.52. The van der Waals surface area contributed by atoms with E-state index in [0.717, 1.165) is 29.8 Å². The predicted molar refractivity (Wildman–Crippen MR) is 131 cm³/mol. The molecule has 0 spiro atoms. The summed E-state index contributed by atoms with van der Waals surface area (Å²) in [7, 11) is -2.88. The van der Waals surface area contributed by atoms with Crippen LogP contribution in [0.4, 0.5) is 18.9 Å². The second-order valence-electron chi connectivity index (χ2n) is 8.49. The Kier molecular flexibility index (Phi) is 8.42. The number of benzene rings is 3. The first-order valence-corrected chi connectivity index (χ1v) is 12.6. The Labute approximate surface area is 208 Å². The molecule has 0 fully saturated rings. The molecule has 10 heteroatoms. The molecule has 1 amide bonds. The van der Waals surface area contributed by atoms with Crippen molar-refractivity contribution in [2.45, 2.75) is 43.3 Å². The van der Waals surface area contributed by atoms with Gasteiger partial charge in [-0.05, 0) is 59.9 Å². The Hall–Kier alpha value is -3.37.